The molecule has 0 spiro atoms. The predicted octanol–water partition coefficient (Wildman–Crippen LogP) is 1.24. The Bertz CT molecular complexity index is 472. The number of nitrogens with one attached hydrogen (secondary N) is 1. The first-order valence-corrected chi connectivity index (χ1v) is 5.50. The number of primary amides is 1. The summed E-state index contributed by atoms with van der Waals surface area (Å²) in [6.45, 7) is 0.0765. The van der Waals surface area contributed by atoms with Gasteiger partial charge in [-0.1, -0.05) is 18.2 Å². The second kappa shape index (κ2) is 6.21. The highest BCUT2D eigenvalue weighted by atomic mass is 19.4. The van der Waals surface area contributed by atoms with Gasteiger partial charge in [-0.25, -0.2) is 0 Å². The molecule has 0 fully saturated rings. The lowest BCUT2D eigenvalue weighted by molar-refractivity contribution is -0.137. The fourth-order valence-electron chi connectivity index (χ4n) is 1.43. The Kier molecular flexibility index (Phi) is 4.91. The van der Waals surface area contributed by atoms with Gasteiger partial charge in [-0.3, -0.25) is 9.59 Å². The number of halogens is 3. The smallest absolute Gasteiger partial charge is 0.370 e. The van der Waals surface area contributed by atoms with Crippen LogP contribution in [-0.4, -0.2) is 18.4 Å². The number of nitrogens with two attached hydrogens (primary N) is 1. The summed E-state index contributed by atoms with van der Waals surface area (Å²) in [7, 11) is 0. The average Bonchev–Trinajstić information content (AvgIpc) is 2.27. The SMILES string of the molecule is NC(=O)CCNC(=O)Cc1cccc(C(F)(F)F)c1. The summed E-state index contributed by atoms with van der Waals surface area (Å²) in [4.78, 5) is 21.9. The molecule has 19 heavy (non-hydrogen) atoms. The van der Waals surface area contributed by atoms with Gasteiger partial charge in [-0.2, -0.15) is 13.2 Å². The monoisotopic (exact) mass is 274 g/mol. The second-order valence-corrected chi connectivity index (χ2v) is 3.94. The van der Waals surface area contributed by atoms with Gasteiger partial charge in [-0.15, -0.1) is 0 Å². The van der Waals surface area contributed by atoms with Gasteiger partial charge >= 0.3 is 6.18 Å². The Hall–Kier alpha value is -2.05. The van der Waals surface area contributed by atoms with Crippen LogP contribution in [0.2, 0.25) is 0 Å². The molecule has 3 N–H and O–H groups in total. The summed E-state index contributed by atoms with van der Waals surface area (Å²) in [6, 6.07) is 4.54. The van der Waals surface area contributed by atoms with E-state index in [1.807, 2.05) is 0 Å². The Labute approximate surface area is 107 Å². The number of alkyl halides is 3. The third-order valence-corrected chi connectivity index (χ3v) is 2.31. The molecule has 1 aromatic carbocycles. The van der Waals surface area contributed by atoms with Crippen LogP contribution in [0.25, 0.3) is 0 Å². The minimum absolute atomic E-state index is 0.00562. The van der Waals surface area contributed by atoms with Crippen LogP contribution >= 0.6 is 0 Å². The number of rotatable bonds is 5. The zero-order valence-corrected chi connectivity index (χ0v) is 9.96. The van der Waals surface area contributed by atoms with E-state index in [-0.39, 0.29) is 24.9 Å². The molecule has 0 aliphatic rings. The van der Waals surface area contributed by atoms with Gasteiger partial charge in [0.05, 0.1) is 12.0 Å². The second-order valence-electron chi connectivity index (χ2n) is 3.94. The summed E-state index contributed by atoms with van der Waals surface area (Å²) >= 11 is 0. The maximum Gasteiger partial charge on any atom is 0.416 e. The van der Waals surface area contributed by atoms with Crippen molar-refractivity contribution in [3.63, 3.8) is 0 Å². The first-order valence-electron chi connectivity index (χ1n) is 5.50. The third kappa shape index (κ3) is 5.41. The molecule has 0 aliphatic heterocycles. The lowest BCUT2D eigenvalue weighted by Crippen LogP contribution is -2.29. The van der Waals surface area contributed by atoms with Crippen LogP contribution < -0.4 is 11.1 Å². The molecule has 0 aromatic heterocycles. The minimum atomic E-state index is -4.43. The van der Waals surface area contributed by atoms with Crippen molar-refractivity contribution >= 4 is 11.8 Å². The van der Waals surface area contributed by atoms with Crippen LogP contribution in [0.3, 0.4) is 0 Å². The van der Waals surface area contributed by atoms with Crippen molar-refractivity contribution in [1.82, 2.24) is 5.32 Å². The Balaban J connectivity index is 2.57. The van der Waals surface area contributed by atoms with Crippen molar-refractivity contribution in [3.8, 4) is 0 Å². The van der Waals surface area contributed by atoms with Gasteiger partial charge in [0.15, 0.2) is 0 Å². The number of benzene rings is 1. The summed E-state index contributed by atoms with van der Waals surface area (Å²) in [5.74, 6) is -1.01. The number of carbonyl (C=O) groups is 2. The zero-order chi connectivity index (χ0) is 14.5. The van der Waals surface area contributed by atoms with Crippen LogP contribution in [0.1, 0.15) is 17.5 Å². The van der Waals surface area contributed by atoms with Crippen LogP contribution in [0.4, 0.5) is 13.2 Å². The van der Waals surface area contributed by atoms with Crippen molar-refractivity contribution in [2.75, 3.05) is 6.54 Å². The highest BCUT2D eigenvalue weighted by Gasteiger charge is 2.30. The van der Waals surface area contributed by atoms with Crippen LogP contribution in [-0.2, 0) is 22.2 Å². The van der Waals surface area contributed by atoms with Crippen molar-refractivity contribution in [2.24, 2.45) is 5.73 Å². The average molecular weight is 274 g/mol. The van der Waals surface area contributed by atoms with Crippen molar-refractivity contribution < 1.29 is 22.8 Å². The Morgan fingerprint density at radius 2 is 1.95 bits per heavy atom. The van der Waals surface area contributed by atoms with Crippen molar-refractivity contribution in [1.29, 1.82) is 0 Å². The van der Waals surface area contributed by atoms with Crippen molar-refractivity contribution in [2.45, 2.75) is 19.0 Å². The number of amides is 2. The molecule has 4 nitrogen and oxygen atoms in total. The fraction of sp³-hybridized carbons (Fsp3) is 0.333. The molecule has 0 atom stereocenters. The molecular weight excluding hydrogens is 261 g/mol. The Morgan fingerprint density at radius 3 is 2.53 bits per heavy atom. The molecule has 0 aliphatic carbocycles. The van der Waals surface area contributed by atoms with E-state index in [2.05, 4.69) is 5.32 Å². The van der Waals surface area contributed by atoms with Gasteiger partial charge < -0.3 is 11.1 Å². The molecule has 0 bridgehead atoms. The molecular formula is C12H13F3N2O2. The molecule has 7 heteroatoms. The lowest BCUT2D eigenvalue weighted by Gasteiger charge is -2.08. The molecule has 0 heterocycles. The molecule has 0 saturated carbocycles. The molecule has 0 radical (unpaired) electrons. The van der Waals surface area contributed by atoms with Crippen LogP contribution in [0.5, 0.6) is 0 Å². The van der Waals surface area contributed by atoms with E-state index >= 15 is 0 Å². The molecule has 2 amide bonds. The molecule has 1 rings (SSSR count). The van der Waals surface area contributed by atoms with E-state index in [4.69, 9.17) is 5.73 Å². The highest BCUT2D eigenvalue weighted by Crippen LogP contribution is 2.29. The Morgan fingerprint density at radius 1 is 1.26 bits per heavy atom. The summed E-state index contributed by atoms with van der Waals surface area (Å²) in [6.07, 6.45) is -4.62. The van der Waals surface area contributed by atoms with Gasteiger partial charge in [0.1, 0.15) is 0 Å². The largest absolute Gasteiger partial charge is 0.416 e. The number of hydrogen-bond donors (Lipinski definition) is 2. The van der Waals surface area contributed by atoms with Gasteiger partial charge in [-0.05, 0) is 11.6 Å². The first kappa shape index (κ1) is 15.0. The highest BCUT2D eigenvalue weighted by molar-refractivity contribution is 5.79. The van der Waals surface area contributed by atoms with Gasteiger partial charge in [0.2, 0.25) is 11.8 Å². The summed E-state index contributed by atoms with van der Waals surface area (Å²) < 4.78 is 37.3. The maximum atomic E-state index is 12.4. The number of hydrogen-bond acceptors (Lipinski definition) is 2. The molecule has 0 saturated heterocycles. The minimum Gasteiger partial charge on any atom is -0.370 e. The van der Waals surface area contributed by atoms with Crippen molar-refractivity contribution in [3.05, 3.63) is 35.4 Å². The zero-order valence-electron chi connectivity index (χ0n) is 9.96. The molecule has 0 unspecified atom stereocenters. The fourth-order valence-corrected chi connectivity index (χ4v) is 1.43. The maximum absolute atomic E-state index is 12.4. The van der Waals surface area contributed by atoms with Crippen LogP contribution in [0.15, 0.2) is 24.3 Å². The first-order chi connectivity index (χ1) is 8.79. The van der Waals surface area contributed by atoms with Crippen LogP contribution in [0, 0.1) is 0 Å². The summed E-state index contributed by atoms with van der Waals surface area (Å²) in [5.41, 5.74) is 4.34. The lowest BCUT2D eigenvalue weighted by atomic mass is 10.1. The quantitative estimate of drug-likeness (QED) is 0.848. The van der Waals surface area contributed by atoms with Gasteiger partial charge in [0.25, 0.3) is 0 Å². The van der Waals surface area contributed by atoms with E-state index in [1.54, 1.807) is 0 Å². The van der Waals surface area contributed by atoms with E-state index in [9.17, 15) is 22.8 Å². The normalized spacial score (nSPS) is 11.1. The van der Waals surface area contributed by atoms with E-state index in [0.29, 0.717) is 0 Å². The molecule has 1 aromatic rings. The van der Waals surface area contributed by atoms with Gasteiger partial charge in [0, 0.05) is 13.0 Å². The number of carbonyl (C=O) groups excluding carboxylic acids is 2. The predicted molar refractivity (Wildman–Crippen MR) is 62.0 cm³/mol. The van der Waals surface area contributed by atoms with E-state index in [1.165, 1.54) is 12.1 Å². The standard InChI is InChI=1S/C12H13F3N2O2/c13-12(14,15)9-3-1-2-8(6-9)7-11(19)17-5-4-10(16)18/h1-3,6H,4-5,7H2,(H2,16,18)(H,17,19). The summed E-state index contributed by atoms with van der Waals surface area (Å²) in [5, 5.41) is 2.40. The van der Waals surface area contributed by atoms with E-state index < -0.39 is 23.6 Å². The third-order valence-electron chi connectivity index (χ3n) is 2.31. The van der Waals surface area contributed by atoms with E-state index in [0.717, 1.165) is 12.1 Å². The topological polar surface area (TPSA) is 72.2 Å². The molecule has 104 valence electrons.